The van der Waals surface area contributed by atoms with Crippen LogP contribution in [-0.2, 0) is 6.42 Å². The Morgan fingerprint density at radius 3 is 2.78 bits per heavy atom. The van der Waals surface area contributed by atoms with Gasteiger partial charge in [-0.3, -0.25) is 4.99 Å². The Morgan fingerprint density at radius 2 is 2.17 bits per heavy atom. The molecule has 0 radical (unpaired) electrons. The molecule has 1 aliphatic carbocycles. The molecule has 0 aliphatic heterocycles. The van der Waals surface area contributed by atoms with Gasteiger partial charge < -0.3 is 10.6 Å². The Kier molecular flexibility index (Phi) is 4.12. The average Bonchev–Trinajstić information content (AvgIpc) is 3.14. The Bertz CT molecular complexity index is 442. The van der Waals surface area contributed by atoms with E-state index in [4.69, 9.17) is 0 Å². The van der Waals surface area contributed by atoms with Crippen LogP contribution < -0.4 is 10.6 Å². The lowest BCUT2D eigenvalue weighted by Gasteiger charge is -2.11. The Labute approximate surface area is 105 Å². The molecule has 0 unspecified atom stereocenters. The van der Waals surface area contributed by atoms with Crippen molar-refractivity contribution in [3.05, 3.63) is 35.4 Å². The number of hydrogen-bond acceptors (Lipinski definition) is 1. The highest BCUT2D eigenvalue weighted by molar-refractivity contribution is 5.80. The third kappa shape index (κ3) is 3.68. The minimum atomic E-state index is -0.546. The molecular weight excluding hydrogens is 236 g/mol. The van der Waals surface area contributed by atoms with E-state index in [9.17, 15) is 8.78 Å². The molecule has 98 valence electrons. The monoisotopic (exact) mass is 253 g/mol. The largest absolute Gasteiger partial charge is 0.356 e. The third-order valence-corrected chi connectivity index (χ3v) is 2.84. The molecule has 0 aromatic heterocycles. The number of benzene rings is 1. The van der Waals surface area contributed by atoms with Crippen molar-refractivity contribution >= 4 is 5.96 Å². The van der Waals surface area contributed by atoms with Crippen LogP contribution in [0.15, 0.2) is 23.2 Å². The number of guanidine groups is 1. The van der Waals surface area contributed by atoms with E-state index in [1.165, 1.54) is 25.0 Å². The molecule has 1 saturated carbocycles. The fourth-order valence-electron chi connectivity index (χ4n) is 1.66. The Morgan fingerprint density at radius 1 is 1.39 bits per heavy atom. The zero-order valence-corrected chi connectivity index (χ0v) is 10.3. The van der Waals surface area contributed by atoms with E-state index in [1.807, 2.05) is 0 Å². The zero-order valence-electron chi connectivity index (χ0n) is 10.3. The molecule has 0 atom stereocenters. The smallest absolute Gasteiger partial charge is 0.191 e. The van der Waals surface area contributed by atoms with Crippen LogP contribution in [-0.4, -0.2) is 25.6 Å². The Hall–Kier alpha value is -1.65. The summed E-state index contributed by atoms with van der Waals surface area (Å²) >= 11 is 0. The van der Waals surface area contributed by atoms with Crippen LogP contribution in [0.25, 0.3) is 0 Å². The highest BCUT2D eigenvalue weighted by Crippen LogP contribution is 2.18. The molecule has 0 heterocycles. The van der Waals surface area contributed by atoms with Crippen molar-refractivity contribution in [1.82, 2.24) is 10.6 Å². The summed E-state index contributed by atoms with van der Waals surface area (Å²) < 4.78 is 26.1. The number of nitrogens with one attached hydrogen (secondary N) is 2. The summed E-state index contributed by atoms with van der Waals surface area (Å²) in [5.41, 5.74) is 0.505. The van der Waals surface area contributed by atoms with Crippen LogP contribution >= 0.6 is 0 Å². The highest BCUT2D eigenvalue weighted by atomic mass is 19.1. The molecule has 0 spiro atoms. The fourth-order valence-corrected chi connectivity index (χ4v) is 1.66. The minimum Gasteiger partial charge on any atom is -0.356 e. The quantitative estimate of drug-likeness (QED) is 0.634. The molecule has 1 aromatic carbocycles. The van der Waals surface area contributed by atoms with Crippen LogP contribution in [0.1, 0.15) is 18.4 Å². The van der Waals surface area contributed by atoms with Gasteiger partial charge in [0.05, 0.1) is 0 Å². The van der Waals surface area contributed by atoms with Crippen molar-refractivity contribution in [3.63, 3.8) is 0 Å². The Balaban J connectivity index is 1.79. The van der Waals surface area contributed by atoms with Gasteiger partial charge in [-0.05, 0) is 30.9 Å². The summed E-state index contributed by atoms with van der Waals surface area (Å²) in [6.07, 6.45) is 2.85. The first-order valence-corrected chi connectivity index (χ1v) is 6.10. The van der Waals surface area contributed by atoms with Gasteiger partial charge in [-0.2, -0.15) is 0 Å². The zero-order chi connectivity index (χ0) is 13.0. The molecule has 5 heteroatoms. The van der Waals surface area contributed by atoms with Gasteiger partial charge in [-0.25, -0.2) is 8.78 Å². The number of hydrogen-bond donors (Lipinski definition) is 2. The van der Waals surface area contributed by atoms with Crippen LogP contribution in [0.2, 0.25) is 0 Å². The van der Waals surface area contributed by atoms with Gasteiger partial charge in [0.25, 0.3) is 0 Å². The first kappa shape index (κ1) is 12.8. The van der Waals surface area contributed by atoms with Crippen molar-refractivity contribution in [2.75, 3.05) is 13.6 Å². The molecule has 0 saturated heterocycles. The lowest BCUT2D eigenvalue weighted by Crippen LogP contribution is -2.39. The molecule has 1 aliphatic rings. The van der Waals surface area contributed by atoms with Crippen molar-refractivity contribution in [3.8, 4) is 0 Å². The first-order valence-electron chi connectivity index (χ1n) is 6.10. The van der Waals surface area contributed by atoms with E-state index in [0.717, 1.165) is 12.0 Å². The molecule has 2 rings (SSSR count). The molecule has 1 aromatic rings. The van der Waals surface area contributed by atoms with Gasteiger partial charge in [0.2, 0.25) is 0 Å². The van der Waals surface area contributed by atoms with E-state index in [1.54, 1.807) is 7.05 Å². The highest BCUT2D eigenvalue weighted by Gasteiger charge is 2.21. The van der Waals surface area contributed by atoms with Gasteiger partial charge >= 0.3 is 0 Å². The van der Waals surface area contributed by atoms with E-state index in [0.29, 0.717) is 24.6 Å². The van der Waals surface area contributed by atoms with Crippen LogP contribution in [0.3, 0.4) is 0 Å². The average molecular weight is 253 g/mol. The maximum atomic E-state index is 13.4. The van der Waals surface area contributed by atoms with Gasteiger partial charge in [0, 0.05) is 25.7 Å². The maximum absolute atomic E-state index is 13.4. The molecule has 2 N–H and O–H groups in total. The normalized spacial score (nSPS) is 15.6. The van der Waals surface area contributed by atoms with Crippen molar-refractivity contribution in [2.24, 2.45) is 4.99 Å². The molecule has 1 fully saturated rings. The van der Waals surface area contributed by atoms with E-state index in [-0.39, 0.29) is 0 Å². The van der Waals surface area contributed by atoms with E-state index < -0.39 is 11.6 Å². The summed E-state index contributed by atoms with van der Waals surface area (Å²) in [5, 5.41) is 6.35. The standard InChI is InChI=1S/C13H17F2N3/c1-16-13(18-11-4-5-11)17-7-6-9-2-3-10(14)8-12(9)15/h2-3,8,11H,4-7H2,1H3,(H2,16,17,18). The predicted molar refractivity (Wildman–Crippen MR) is 67.6 cm³/mol. The molecule has 0 amide bonds. The van der Waals surface area contributed by atoms with Crippen molar-refractivity contribution in [1.29, 1.82) is 0 Å². The van der Waals surface area contributed by atoms with E-state index >= 15 is 0 Å². The number of aliphatic imine (C=N–C) groups is 1. The second-order valence-electron chi connectivity index (χ2n) is 4.40. The summed E-state index contributed by atoms with van der Waals surface area (Å²) in [4.78, 5) is 4.08. The fraction of sp³-hybridized carbons (Fsp3) is 0.462. The van der Waals surface area contributed by atoms with Gasteiger partial charge in [-0.15, -0.1) is 0 Å². The summed E-state index contributed by atoms with van der Waals surface area (Å²) in [6.45, 7) is 0.564. The third-order valence-electron chi connectivity index (χ3n) is 2.84. The van der Waals surface area contributed by atoms with Crippen molar-refractivity contribution in [2.45, 2.75) is 25.3 Å². The molecular formula is C13H17F2N3. The lowest BCUT2D eigenvalue weighted by molar-refractivity contribution is 0.570. The second-order valence-corrected chi connectivity index (χ2v) is 4.40. The summed E-state index contributed by atoms with van der Waals surface area (Å²) in [6, 6.07) is 4.19. The maximum Gasteiger partial charge on any atom is 0.191 e. The molecule has 18 heavy (non-hydrogen) atoms. The number of halogens is 2. The first-order chi connectivity index (χ1) is 8.69. The van der Waals surface area contributed by atoms with Gasteiger partial charge in [-0.1, -0.05) is 6.07 Å². The van der Waals surface area contributed by atoms with Crippen LogP contribution in [0.4, 0.5) is 8.78 Å². The summed E-state index contributed by atoms with van der Waals surface area (Å²) in [7, 11) is 1.70. The lowest BCUT2D eigenvalue weighted by atomic mass is 10.1. The van der Waals surface area contributed by atoms with Crippen LogP contribution in [0, 0.1) is 11.6 Å². The second kappa shape index (κ2) is 5.80. The number of rotatable bonds is 4. The van der Waals surface area contributed by atoms with Gasteiger partial charge in [0.1, 0.15) is 11.6 Å². The van der Waals surface area contributed by atoms with Crippen LogP contribution in [0.5, 0.6) is 0 Å². The topological polar surface area (TPSA) is 36.4 Å². The molecule has 3 nitrogen and oxygen atoms in total. The van der Waals surface area contributed by atoms with Crippen molar-refractivity contribution < 1.29 is 8.78 Å². The minimum absolute atomic E-state index is 0.498. The van der Waals surface area contributed by atoms with Gasteiger partial charge in [0.15, 0.2) is 5.96 Å². The number of nitrogens with zero attached hydrogens (tertiary/aromatic N) is 1. The molecule has 0 bridgehead atoms. The summed E-state index contributed by atoms with van der Waals surface area (Å²) in [5.74, 6) is -0.308. The SMILES string of the molecule is CN=C(NCCc1ccc(F)cc1F)NC1CC1. The van der Waals surface area contributed by atoms with E-state index in [2.05, 4.69) is 15.6 Å². The predicted octanol–water partition coefficient (Wildman–Crippen LogP) is 1.83.